The van der Waals surface area contributed by atoms with Gasteiger partial charge >= 0.3 is 6.03 Å². The maximum absolute atomic E-state index is 12.6. The minimum absolute atomic E-state index is 0.0465. The fraction of sp³-hybridized carbons (Fsp3) is 0.227. The second kappa shape index (κ2) is 7.19. The van der Waals surface area contributed by atoms with Crippen LogP contribution in [-0.4, -0.2) is 20.3 Å². The molecular weight excluding hydrogens is 340 g/mol. The summed E-state index contributed by atoms with van der Waals surface area (Å²) in [7, 11) is 3.25. The lowest BCUT2D eigenvalue weighted by Crippen LogP contribution is -2.31. The Morgan fingerprint density at radius 1 is 1.00 bits per heavy atom. The van der Waals surface area contributed by atoms with Crippen LogP contribution in [0.25, 0.3) is 10.8 Å². The predicted molar refractivity (Wildman–Crippen MR) is 107 cm³/mol. The highest BCUT2D eigenvalue weighted by Gasteiger charge is 2.26. The van der Waals surface area contributed by atoms with Gasteiger partial charge in [0.2, 0.25) is 0 Å². The molecule has 1 atom stereocenters. The average Bonchev–Trinajstić information content (AvgIpc) is 3.08. The van der Waals surface area contributed by atoms with Gasteiger partial charge in [0, 0.05) is 5.39 Å². The third-order valence-corrected chi connectivity index (χ3v) is 5.07. The molecule has 1 aliphatic rings. The molecule has 0 saturated carbocycles. The van der Waals surface area contributed by atoms with E-state index in [9.17, 15) is 4.79 Å². The van der Waals surface area contributed by atoms with E-state index in [1.807, 2.05) is 54.6 Å². The van der Waals surface area contributed by atoms with Gasteiger partial charge in [-0.1, -0.05) is 36.4 Å². The van der Waals surface area contributed by atoms with Gasteiger partial charge in [0.15, 0.2) is 11.5 Å². The third-order valence-electron chi connectivity index (χ3n) is 5.07. The van der Waals surface area contributed by atoms with Crippen molar-refractivity contribution in [3.63, 3.8) is 0 Å². The molecule has 4 rings (SSSR count). The van der Waals surface area contributed by atoms with Crippen LogP contribution in [-0.2, 0) is 6.42 Å². The molecule has 5 heteroatoms. The Kier molecular flexibility index (Phi) is 4.59. The molecule has 3 aromatic rings. The first-order valence-electron chi connectivity index (χ1n) is 8.99. The SMILES string of the molecule is COc1cc2c(cc1OC)C(NC(=O)Nc1cccc3ccccc13)CC2. The van der Waals surface area contributed by atoms with E-state index in [1.165, 1.54) is 5.56 Å². The number of fused-ring (bicyclic) bond motifs is 2. The molecule has 0 bridgehead atoms. The summed E-state index contributed by atoms with van der Waals surface area (Å²) in [6.07, 6.45) is 1.75. The van der Waals surface area contributed by atoms with E-state index in [0.29, 0.717) is 5.75 Å². The molecule has 0 fully saturated rings. The van der Waals surface area contributed by atoms with Crippen LogP contribution >= 0.6 is 0 Å². The summed E-state index contributed by atoms with van der Waals surface area (Å²) >= 11 is 0. The Hall–Kier alpha value is -3.21. The molecule has 138 valence electrons. The predicted octanol–water partition coefficient (Wildman–Crippen LogP) is 4.67. The van der Waals surface area contributed by atoms with Crippen LogP contribution in [0.5, 0.6) is 11.5 Å². The highest BCUT2D eigenvalue weighted by Crippen LogP contribution is 2.39. The number of amides is 2. The van der Waals surface area contributed by atoms with Crippen LogP contribution in [0.1, 0.15) is 23.6 Å². The van der Waals surface area contributed by atoms with Crippen LogP contribution in [0.4, 0.5) is 10.5 Å². The smallest absolute Gasteiger partial charge is 0.319 e. The van der Waals surface area contributed by atoms with Crippen LogP contribution in [0.3, 0.4) is 0 Å². The molecule has 2 amide bonds. The monoisotopic (exact) mass is 362 g/mol. The van der Waals surface area contributed by atoms with E-state index in [1.54, 1.807) is 14.2 Å². The van der Waals surface area contributed by atoms with Crippen molar-refractivity contribution in [2.75, 3.05) is 19.5 Å². The molecule has 0 spiro atoms. The van der Waals surface area contributed by atoms with Gasteiger partial charge < -0.3 is 20.1 Å². The molecule has 1 unspecified atom stereocenters. The lowest BCUT2D eigenvalue weighted by Gasteiger charge is -2.17. The molecule has 0 aromatic heterocycles. The van der Waals surface area contributed by atoms with E-state index in [2.05, 4.69) is 10.6 Å². The molecule has 0 saturated heterocycles. The Labute approximate surface area is 158 Å². The van der Waals surface area contributed by atoms with E-state index < -0.39 is 0 Å². The number of nitrogens with one attached hydrogen (secondary N) is 2. The molecular formula is C22H22N2O3. The molecule has 3 aromatic carbocycles. The van der Waals surface area contributed by atoms with Gasteiger partial charge in [-0.15, -0.1) is 0 Å². The van der Waals surface area contributed by atoms with E-state index >= 15 is 0 Å². The first-order chi connectivity index (χ1) is 13.2. The van der Waals surface area contributed by atoms with Gasteiger partial charge in [-0.25, -0.2) is 4.79 Å². The van der Waals surface area contributed by atoms with Crippen molar-refractivity contribution < 1.29 is 14.3 Å². The second-order valence-corrected chi connectivity index (χ2v) is 6.62. The van der Waals surface area contributed by atoms with Crippen molar-refractivity contribution in [2.45, 2.75) is 18.9 Å². The molecule has 0 radical (unpaired) electrons. The van der Waals surface area contributed by atoms with Gasteiger partial charge in [0.25, 0.3) is 0 Å². The van der Waals surface area contributed by atoms with E-state index in [4.69, 9.17) is 9.47 Å². The van der Waals surface area contributed by atoms with Crippen molar-refractivity contribution in [2.24, 2.45) is 0 Å². The summed E-state index contributed by atoms with van der Waals surface area (Å²) < 4.78 is 10.8. The van der Waals surface area contributed by atoms with Crippen LogP contribution in [0.2, 0.25) is 0 Å². The Morgan fingerprint density at radius 3 is 2.56 bits per heavy atom. The topological polar surface area (TPSA) is 59.6 Å². The normalized spacial score (nSPS) is 15.3. The lowest BCUT2D eigenvalue weighted by atomic mass is 10.1. The molecule has 0 aliphatic heterocycles. The largest absolute Gasteiger partial charge is 0.493 e. The quantitative estimate of drug-likeness (QED) is 0.709. The van der Waals surface area contributed by atoms with E-state index in [0.717, 1.165) is 40.6 Å². The van der Waals surface area contributed by atoms with Crippen molar-refractivity contribution in [1.29, 1.82) is 0 Å². The summed E-state index contributed by atoms with van der Waals surface area (Å²) in [5.74, 6) is 1.40. The van der Waals surface area contributed by atoms with Gasteiger partial charge in [0.1, 0.15) is 0 Å². The number of ether oxygens (including phenoxy) is 2. The fourth-order valence-corrected chi connectivity index (χ4v) is 3.73. The van der Waals surface area contributed by atoms with Crippen LogP contribution in [0, 0.1) is 0 Å². The number of hydrogen-bond acceptors (Lipinski definition) is 3. The number of rotatable bonds is 4. The maximum Gasteiger partial charge on any atom is 0.319 e. The molecule has 1 aliphatic carbocycles. The first-order valence-corrected chi connectivity index (χ1v) is 8.99. The van der Waals surface area contributed by atoms with Crippen molar-refractivity contribution in [3.05, 3.63) is 65.7 Å². The zero-order valence-corrected chi connectivity index (χ0v) is 15.4. The molecule has 0 heterocycles. The van der Waals surface area contributed by atoms with Gasteiger partial charge in [0.05, 0.1) is 25.9 Å². The first kappa shape index (κ1) is 17.2. The minimum atomic E-state index is -0.209. The molecule has 2 N–H and O–H groups in total. The average molecular weight is 362 g/mol. The van der Waals surface area contributed by atoms with Gasteiger partial charge in [-0.2, -0.15) is 0 Å². The molecule has 27 heavy (non-hydrogen) atoms. The third kappa shape index (κ3) is 3.28. The Morgan fingerprint density at radius 2 is 1.74 bits per heavy atom. The number of anilines is 1. The number of hydrogen-bond donors (Lipinski definition) is 2. The van der Waals surface area contributed by atoms with Gasteiger partial charge in [-0.3, -0.25) is 0 Å². The van der Waals surface area contributed by atoms with Crippen LogP contribution in [0.15, 0.2) is 54.6 Å². The zero-order chi connectivity index (χ0) is 18.8. The fourth-order valence-electron chi connectivity index (χ4n) is 3.73. The van der Waals surface area contributed by atoms with Gasteiger partial charge in [-0.05, 0) is 47.6 Å². The number of benzene rings is 3. The standard InChI is InChI=1S/C22H22N2O3/c1-26-20-12-15-10-11-19(17(15)13-21(20)27-2)24-22(25)23-18-9-5-7-14-6-3-4-8-16(14)18/h3-9,12-13,19H,10-11H2,1-2H3,(H2,23,24,25). The minimum Gasteiger partial charge on any atom is -0.493 e. The summed E-state index contributed by atoms with van der Waals surface area (Å²) in [6.45, 7) is 0. The van der Waals surface area contributed by atoms with Crippen molar-refractivity contribution in [3.8, 4) is 11.5 Å². The number of methoxy groups -OCH3 is 2. The van der Waals surface area contributed by atoms with E-state index in [-0.39, 0.29) is 12.1 Å². The Bertz CT molecular complexity index is 995. The number of aryl methyl sites for hydroxylation is 1. The summed E-state index contributed by atoms with van der Waals surface area (Å²) in [4.78, 5) is 12.6. The highest BCUT2D eigenvalue weighted by molar-refractivity contribution is 6.01. The van der Waals surface area contributed by atoms with Crippen molar-refractivity contribution >= 4 is 22.5 Å². The summed E-state index contributed by atoms with van der Waals surface area (Å²) in [5, 5.41) is 8.20. The second-order valence-electron chi connectivity index (χ2n) is 6.62. The summed E-state index contributed by atoms with van der Waals surface area (Å²) in [5.41, 5.74) is 3.07. The molecule has 5 nitrogen and oxygen atoms in total. The van der Waals surface area contributed by atoms with Crippen molar-refractivity contribution in [1.82, 2.24) is 5.32 Å². The summed E-state index contributed by atoms with van der Waals surface area (Å²) in [6, 6.07) is 17.6. The number of urea groups is 1. The number of carbonyl (C=O) groups excluding carboxylic acids is 1. The zero-order valence-electron chi connectivity index (χ0n) is 15.4. The lowest BCUT2D eigenvalue weighted by molar-refractivity contribution is 0.248. The highest BCUT2D eigenvalue weighted by atomic mass is 16.5. The van der Waals surface area contributed by atoms with Crippen LogP contribution < -0.4 is 20.1 Å². The Balaban J connectivity index is 1.53. The maximum atomic E-state index is 12.6. The number of carbonyl (C=O) groups is 1.